The second-order valence-corrected chi connectivity index (χ2v) is 11.2. The lowest BCUT2D eigenvalue weighted by Crippen LogP contribution is -2.13. The number of benzene rings is 5. The molecule has 0 N–H and O–H groups in total. The summed E-state index contributed by atoms with van der Waals surface area (Å²) in [5, 5.41) is 0. The van der Waals surface area contributed by atoms with Crippen LogP contribution in [0.3, 0.4) is 0 Å². The average Bonchev–Trinajstić information content (AvgIpc) is 3.12. The van der Waals surface area contributed by atoms with Crippen LogP contribution in [0, 0.1) is 0 Å². The molecule has 5 aromatic carbocycles. The topological polar surface area (TPSA) is 78.9 Å². The molecule has 0 amide bonds. The second kappa shape index (κ2) is 15.2. The number of rotatable bonds is 12. The Bertz CT molecular complexity index is 1880. The summed E-state index contributed by atoms with van der Waals surface area (Å²) in [4.78, 5) is 38.3. The highest BCUT2D eigenvalue weighted by atomic mass is 16.6. The summed E-state index contributed by atoms with van der Waals surface area (Å²) >= 11 is 0. The highest BCUT2D eigenvalue weighted by Crippen LogP contribution is 2.36. The molecule has 0 saturated carbocycles. The van der Waals surface area contributed by atoms with Gasteiger partial charge in [0.15, 0.2) is 17.3 Å². The molecule has 0 saturated heterocycles. The van der Waals surface area contributed by atoms with Crippen LogP contribution < -0.4 is 14.2 Å². The van der Waals surface area contributed by atoms with Gasteiger partial charge < -0.3 is 14.2 Å². The van der Waals surface area contributed by atoms with Gasteiger partial charge in [0.2, 0.25) is 0 Å². The van der Waals surface area contributed by atoms with E-state index in [1.165, 1.54) is 5.56 Å². The zero-order valence-corrected chi connectivity index (χ0v) is 27.1. The maximum Gasteiger partial charge on any atom is 0.343 e. The molecule has 0 spiro atoms. The van der Waals surface area contributed by atoms with Gasteiger partial charge in [-0.3, -0.25) is 4.79 Å². The Morgan fingerprint density at radius 3 is 1.79 bits per heavy atom. The molecule has 47 heavy (non-hydrogen) atoms. The van der Waals surface area contributed by atoms with E-state index in [2.05, 4.69) is 19.9 Å². The number of carbonyl (C=O) groups is 3. The van der Waals surface area contributed by atoms with Crippen LogP contribution in [0.5, 0.6) is 17.2 Å². The Morgan fingerprint density at radius 1 is 0.574 bits per heavy atom. The standard InChI is InChI=1S/C41H38O6/c1-5-28-18-21-34(26-36(28)35-22-19-33(37(42)7-3)24-29(35)6-2)45-27(4)32-20-23-38(46-40(43)30-14-10-8-11-15-30)39(25-32)47-41(44)31-16-12-9-13-17-31/h8-27H,5-7H2,1-4H3. The van der Waals surface area contributed by atoms with Gasteiger partial charge in [0.25, 0.3) is 0 Å². The smallest absolute Gasteiger partial charge is 0.343 e. The van der Waals surface area contributed by atoms with E-state index in [1.54, 1.807) is 66.7 Å². The van der Waals surface area contributed by atoms with Crippen LogP contribution in [-0.4, -0.2) is 17.7 Å². The van der Waals surface area contributed by atoms with Crippen molar-refractivity contribution in [1.82, 2.24) is 0 Å². The molecule has 0 fully saturated rings. The van der Waals surface area contributed by atoms with Crippen molar-refractivity contribution >= 4 is 17.7 Å². The fourth-order valence-electron chi connectivity index (χ4n) is 5.39. The van der Waals surface area contributed by atoms with E-state index < -0.39 is 18.0 Å². The molecule has 1 unspecified atom stereocenters. The van der Waals surface area contributed by atoms with Crippen LogP contribution in [0.2, 0.25) is 0 Å². The first-order valence-corrected chi connectivity index (χ1v) is 16.0. The lowest BCUT2D eigenvalue weighted by molar-refractivity contribution is 0.0682. The van der Waals surface area contributed by atoms with Gasteiger partial charge in [-0.15, -0.1) is 0 Å². The monoisotopic (exact) mass is 626 g/mol. The van der Waals surface area contributed by atoms with E-state index in [0.29, 0.717) is 23.3 Å². The minimum atomic E-state index is -0.577. The third-order valence-corrected chi connectivity index (χ3v) is 8.06. The Morgan fingerprint density at radius 2 is 1.19 bits per heavy atom. The number of ether oxygens (including phenoxy) is 3. The third-order valence-electron chi connectivity index (χ3n) is 8.06. The van der Waals surface area contributed by atoms with Gasteiger partial charge >= 0.3 is 11.9 Å². The van der Waals surface area contributed by atoms with Crippen LogP contribution in [-0.2, 0) is 12.8 Å². The summed E-state index contributed by atoms with van der Waals surface area (Å²) in [6, 6.07) is 34.3. The molecule has 0 bridgehead atoms. The lowest BCUT2D eigenvalue weighted by atomic mass is 9.91. The fourth-order valence-corrected chi connectivity index (χ4v) is 5.39. The zero-order valence-electron chi connectivity index (χ0n) is 27.1. The molecule has 0 aliphatic heterocycles. The van der Waals surface area contributed by atoms with Crippen LogP contribution in [0.25, 0.3) is 11.1 Å². The first kappa shape index (κ1) is 32.9. The largest absolute Gasteiger partial charge is 0.486 e. The summed E-state index contributed by atoms with van der Waals surface area (Å²) in [5.41, 5.74) is 6.61. The van der Waals surface area contributed by atoms with E-state index >= 15 is 0 Å². The average molecular weight is 627 g/mol. The molecule has 0 aromatic heterocycles. The van der Waals surface area contributed by atoms with Crippen molar-refractivity contribution in [3.63, 3.8) is 0 Å². The fraction of sp³-hybridized carbons (Fsp3) is 0.195. The van der Waals surface area contributed by atoms with Crippen molar-refractivity contribution in [3.8, 4) is 28.4 Å². The van der Waals surface area contributed by atoms with Gasteiger partial charge in [-0.05, 0) is 102 Å². The summed E-state index contributed by atoms with van der Waals surface area (Å²) in [6.45, 7) is 7.99. The number of ketones is 1. The maximum absolute atomic E-state index is 13.0. The first-order chi connectivity index (χ1) is 22.8. The number of esters is 2. The first-order valence-electron chi connectivity index (χ1n) is 16.0. The molecule has 1 atom stereocenters. The highest BCUT2D eigenvalue weighted by Gasteiger charge is 2.20. The highest BCUT2D eigenvalue weighted by molar-refractivity contribution is 5.97. The number of carbonyl (C=O) groups excluding carboxylic acids is 3. The molecule has 6 nitrogen and oxygen atoms in total. The molecule has 0 aliphatic carbocycles. The number of hydrogen-bond donors (Lipinski definition) is 0. The van der Waals surface area contributed by atoms with Gasteiger partial charge in [-0.25, -0.2) is 9.59 Å². The quantitative estimate of drug-likeness (QED) is 0.0779. The Kier molecular flexibility index (Phi) is 10.6. The van der Waals surface area contributed by atoms with Gasteiger partial charge in [0.1, 0.15) is 11.9 Å². The summed E-state index contributed by atoms with van der Waals surface area (Å²) < 4.78 is 17.9. The van der Waals surface area contributed by atoms with Crippen molar-refractivity contribution in [1.29, 1.82) is 0 Å². The van der Waals surface area contributed by atoms with Crippen LogP contribution in [0.4, 0.5) is 0 Å². The Balaban J connectivity index is 1.44. The minimum absolute atomic E-state index is 0.104. The van der Waals surface area contributed by atoms with Crippen molar-refractivity contribution in [3.05, 3.63) is 149 Å². The summed E-state index contributed by atoms with van der Waals surface area (Å²) in [6.07, 6.45) is 1.64. The SMILES string of the molecule is CCC(=O)c1ccc(-c2cc(OC(C)c3ccc(OC(=O)c4ccccc4)c(OC(=O)c4ccccc4)c3)ccc2CC)c(CC)c1. The van der Waals surface area contributed by atoms with Gasteiger partial charge in [-0.2, -0.15) is 0 Å². The lowest BCUT2D eigenvalue weighted by Gasteiger charge is -2.20. The van der Waals surface area contributed by atoms with Crippen molar-refractivity contribution in [2.75, 3.05) is 0 Å². The molecule has 5 rings (SSSR count). The summed E-state index contributed by atoms with van der Waals surface area (Å²) in [7, 11) is 0. The predicted molar refractivity (Wildman–Crippen MR) is 184 cm³/mol. The van der Waals surface area contributed by atoms with Crippen molar-refractivity contribution in [2.24, 2.45) is 0 Å². The van der Waals surface area contributed by atoms with E-state index in [1.807, 2.05) is 56.3 Å². The van der Waals surface area contributed by atoms with Crippen LogP contribution >= 0.6 is 0 Å². The van der Waals surface area contributed by atoms with Crippen LogP contribution in [0.1, 0.15) is 88.0 Å². The van der Waals surface area contributed by atoms with Crippen LogP contribution in [0.15, 0.2) is 115 Å². The molecule has 6 heteroatoms. The number of Topliss-reactive ketones (excluding diaryl/α,β-unsaturated/α-hetero) is 1. The number of hydrogen-bond acceptors (Lipinski definition) is 6. The minimum Gasteiger partial charge on any atom is -0.486 e. The van der Waals surface area contributed by atoms with Gasteiger partial charge in [-0.1, -0.05) is 81.4 Å². The third kappa shape index (κ3) is 7.85. The maximum atomic E-state index is 13.0. The normalized spacial score (nSPS) is 11.4. The molecule has 0 heterocycles. The van der Waals surface area contributed by atoms with Gasteiger partial charge in [0, 0.05) is 12.0 Å². The van der Waals surface area contributed by atoms with E-state index in [4.69, 9.17) is 14.2 Å². The van der Waals surface area contributed by atoms with Crippen molar-refractivity contribution in [2.45, 2.75) is 53.1 Å². The molecule has 5 aromatic rings. The Hall–Kier alpha value is -5.49. The molecular formula is C41H38O6. The molecule has 238 valence electrons. The number of aryl methyl sites for hydroxylation is 2. The van der Waals surface area contributed by atoms with E-state index in [9.17, 15) is 14.4 Å². The zero-order chi connectivity index (χ0) is 33.3. The Labute approximate surface area is 275 Å². The predicted octanol–water partition coefficient (Wildman–Crippen LogP) is 9.65. The van der Waals surface area contributed by atoms with Gasteiger partial charge in [0.05, 0.1) is 11.1 Å². The van der Waals surface area contributed by atoms with E-state index in [0.717, 1.165) is 40.7 Å². The van der Waals surface area contributed by atoms with Crippen molar-refractivity contribution < 1.29 is 28.6 Å². The molecular weight excluding hydrogens is 588 g/mol. The molecule has 0 aliphatic rings. The second-order valence-electron chi connectivity index (χ2n) is 11.2. The molecule has 0 radical (unpaired) electrons. The van der Waals surface area contributed by atoms with E-state index in [-0.39, 0.29) is 17.3 Å². The summed E-state index contributed by atoms with van der Waals surface area (Å²) in [5.74, 6) is -0.128.